The van der Waals surface area contributed by atoms with Gasteiger partial charge in [0.25, 0.3) is 5.91 Å². The third-order valence-corrected chi connectivity index (χ3v) is 4.76. The fourth-order valence-electron chi connectivity index (χ4n) is 2.64. The first kappa shape index (κ1) is 13.1. The number of para-hydroxylation sites is 1. The van der Waals surface area contributed by atoms with Crippen molar-refractivity contribution in [2.75, 3.05) is 5.32 Å². The van der Waals surface area contributed by atoms with Crippen molar-refractivity contribution in [3.63, 3.8) is 0 Å². The molecule has 0 bridgehead atoms. The average molecular weight is 306 g/mol. The van der Waals surface area contributed by atoms with E-state index >= 15 is 0 Å². The Labute approximate surface area is 132 Å². The third kappa shape index (κ3) is 2.27. The molecule has 0 unspecified atom stereocenters. The van der Waals surface area contributed by atoms with Crippen LogP contribution in [0.3, 0.4) is 0 Å². The lowest BCUT2D eigenvalue weighted by Gasteiger charge is -2.26. The van der Waals surface area contributed by atoms with Crippen molar-refractivity contribution < 1.29 is 4.79 Å². The van der Waals surface area contributed by atoms with E-state index in [1.807, 2.05) is 42.5 Å². The van der Waals surface area contributed by atoms with Gasteiger partial charge >= 0.3 is 0 Å². The first-order chi connectivity index (χ1) is 10.8. The van der Waals surface area contributed by atoms with E-state index in [0.29, 0.717) is 5.56 Å². The fourth-order valence-corrected chi connectivity index (χ4v) is 3.55. The summed E-state index contributed by atoms with van der Waals surface area (Å²) in [7, 11) is 0. The lowest BCUT2D eigenvalue weighted by molar-refractivity contribution is 0.0936. The van der Waals surface area contributed by atoms with Crippen molar-refractivity contribution in [1.82, 2.24) is 5.32 Å². The zero-order valence-corrected chi connectivity index (χ0v) is 12.6. The largest absolute Gasteiger partial charge is 0.360 e. The molecule has 4 rings (SSSR count). The molecule has 1 aliphatic heterocycles. The summed E-state index contributed by atoms with van der Waals surface area (Å²) in [6.07, 6.45) is -0.176. The van der Waals surface area contributed by atoms with Crippen LogP contribution in [0.5, 0.6) is 0 Å². The van der Waals surface area contributed by atoms with Crippen molar-refractivity contribution in [3.8, 4) is 11.1 Å². The maximum Gasteiger partial charge on any atom is 0.255 e. The highest BCUT2D eigenvalue weighted by molar-refractivity contribution is 7.10. The molecule has 0 saturated carbocycles. The predicted octanol–water partition coefficient (Wildman–Crippen LogP) is 4.27. The van der Waals surface area contributed by atoms with Crippen LogP contribution in [0.1, 0.15) is 21.4 Å². The first-order valence-electron chi connectivity index (χ1n) is 7.11. The molecule has 0 spiro atoms. The Morgan fingerprint density at radius 2 is 1.64 bits per heavy atom. The normalized spacial score (nSPS) is 16.5. The Hall–Kier alpha value is -2.59. The van der Waals surface area contributed by atoms with Crippen LogP contribution in [0.2, 0.25) is 0 Å². The minimum absolute atomic E-state index is 0.0333. The van der Waals surface area contributed by atoms with Gasteiger partial charge in [0.1, 0.15) is 6.17 Å². The van der Waals surface area contributed by atoms with E-state index in [1.54, 1.807) is 11.3 Å². The maximum absolute atomic E-state index is 12.2. The molecule has 2 N–H and O–H groups in total. The van der Waals surface area contributed by atoms with Gasteiger partial charge in [0.05, 0.1) is 5.56 Å². The van der Waals surface area contributed by atoms with Gasteiger partial charge in [-0.2, -0.15) is 0 Å². The molecule has 2 heterocycles. The topological polar surface area (TPSA) is 41.1 Å². The lowest BCUT2D eigenvalue weighted by atomic mass is 10.1. The second-order valence-corrected chi connectivity index (χ2v) is 6.14. The molecule has 0 radical (unpaired) electrons. The average Bonchev–Trinajstić information content (AvgIpc) is 3.06. The van der Waals surface area contributed by atoms with Crippen molar-refractivity contribution in [1.29, 1.82) is 0 Å². The number of fused-ring (bicyclic) bond motifs is 1. The second kappa shape index (κ2) is 5.31. The van der Waals surface area contributed by atoms with Crippen LogP contribution in [0.4, 0.5) is 5.69 Å². The Bertz CT molecular complexity index is 826. The van der Waals surface area contributed by atoms with Gasteiger partial charge in [0.2, 0.25) is 0 Å². The molecule has 3 nitrogen and oxygen atoms in total. The number of hydrogen-bond donors (Lipinski definition) is 2. The van der Waals surface area contributed by atoms with E-state index in [1.165, 1.54) is 11.1 Å². The number of carbonyl (C=O) groups is 1. The number of thiophene rings is 1. The smallest absolute Gasteiger partial charge is 0.255 e. The van der Waals surface area contributed by atoms with Crippen molar-refractivity contribution in [2.45, 2.75) is 6.17 Å². The zero-order valence-electron chi connectivity index (χ0n) is 11.7. The van der Waals surface area contributed by atoms with Crippen LogP contribution in [0, 0.1) is 0 Å². The summed E-state index contributed by atoms with van der Waals surface area (Å²) in [4.78, 5) is 13.3. The van der Waals surface area contributed by atoms with E-state index in [9.17, 15) is 4.79 Å². The van der Waals surface area contributed by atoms with Gasteiger partial charge in [-0.25, -0.2) is 0 Å². The Morgan fingerprint density at radius 1 is 0.864 bits per heavy atom. The summed E-state index contributed by atoms with van der Waals surface area (Å²) >= 11 is 1.65. The third-order valence-electron chi connectivity index (χ3n) is 3.76. The summed E-state index contributed by atoms with van der Waals surface area (Å²) in [6.45, 7) is 0. The Kier molecular flexibility index (Phi) is 3.16. The lowest BCUT2D eigenvalue weighted by Crippen LogP contribution is -2.37. The van der Waals surface area contributed by atoms with E-state index in [0.717, 1.165) is 10.6 Å². The molecule has 0 fully saturated rings. The molecule has 3 aromatic rings. The molecule has 4 heteroatoms. The summed E-state index contributed by atoms with van der Waals surface area (Å²) in [5.41, 5.74) is 3.94. The van der Waals surface area contributed by atoms with Crippen LogP contribution in [0.15, 0.2) is 66.0 Å². The highest BCUT2D eigenvalue weighted by Crippen LogP contribution is 2.32. The molecule has 1 aromatic heterocycles. The van der Waals surface area contributed by atoms with Gasteiger partial charge in [-0.05, 0) is 34.7 Å². The number of nitrogens with one attached hydrogen (secondary N) is 2. The van der Waals surface area contributed by atoms with Crippen LogP contribution < -0.4 is 10.6 Å². The highest BCUT2D eigenvalue weighted by atomic mass is 32.1. The fraction of sp³-hybridized carbons (Fsp3) is 0.0556. The molecule has 22 heavy (non-hydrogen) atoms. The highest BCUT2D eigenvalue weighted by Gasteiger charge is 2.25. The monoisotopic (exact) mass is 306 g/mol. The van der Waals surface area contributed by atoms with Gasteiger partial charge in [0.15, 0.2) is 0 Å². The Morgan fingerprint density at radius 3 is 2.50 bits per heavy atom. The van der Waals surface area contributed by atoms with E-state index in [4.69, 9.17) is 0 Å². The molecular weight excluding hydrogens is 292 g/mol. The van der Waals surface area contributed by atoms with E-state index in [2.05, 4.69) is 34.2 Å². The minimum atomic E-state index is -0.176. The summed E-state index contributed by atoms with van der Waals surface area (Å²) in [5.74, 6) is -0.0333. The number of rotatable bonds is 2. The molecule has 2 aromatic carbocycles. The number of amides is 1. The molecule has 108 valence electrons. The van der Waals surface area contributed by atoms with E-state index < -0.39 is 0 Å². The number of hydrogen-bond acceptors (Lipinski definition) is 3. The summed E-state index contributed by atoms with van der Waals surface area (Å²) < 4.78 is 0. The van der Waals surface area contributed by atoms with Crippen molar-refractivity contribution in [3.05, 3.63) is 76.5 Å². The van der Waals surface area contributed by atoms with E-state index in [-0.39, 0.29) is 12.1 Å². The maximum atomic E-state index is 12.2. The van der Waals surface area contributed by atoms with Crippen LogP contribution in [-0.4, -0.2) is 5.91 Å². The minimum Gasteiger partial charge on any atom is -0.360 e. The van der Waals surface area contributed by atoms with Gasteiger partial charge < -0.3 is 10.6 Å². The van der Waals surface area contributed by atoms with Gasteiger partial charge in [0, 0.05) is 10.6 Å². The molecule has 1 amide bonds. The predicted molar refractivity (Wildman–Crippen MR) is 90.0 cm³/mol. The molecule has 1 atom stereocenters. The number of benzene rings is 2. The first-order valence-corrected chi connectivity index (χ1v) is 7.99. The molecular formula is C18H14N2OS. The quantitative estimate of drug-likeness (QED) is 0.742. The van der Waals surface area contributed by atoms with Gasteiger partial charge in [-0.3, -0.25) is 4.79 Å². The SMILES string of the molecule is O=C1N[C@@H](c2cc(-c3ccccc3)cs2)Nc2ccccc21. The zero-order chi connectivity index (χ0) is 14.9. The summed E-state index contributed by atoms with van der Waals surface area (Å²) in [6, 6.07) is 20.0. The molecule has 1 aliphatic rings. The second-order valence-electron chi connectivity index (χ2n) is 5.20. The van der Waals surface area contributed by atoms with Gasteiger partial charge in [-0.15, -0.1) is 11.3 Å². The van der Waals surface area contributed by atoms with Crippen molar-refractivity contribution in [2.24, 2.45) is 0 Å². The standard InChI is InChI=1S/C18H14N2OS/c21-18-14-8-4-5-9-15(14)19-17(20-18)16-10-13(11-22-16)12-6-2-1-3-7-12/h1-11,17,19H,(H,20,21)/t17-/m0/s1. The van der Waals surface area contributed by atoms with Crippen LogP contribution in [-0.2, 0) is 0 Å². The van der Waals surface area contributed by atoms with Crippen LogP contribution >= 0.6 is 11.3 Å². The number of carbonyl (C=O) groups excluding carboxylic acids is 1. The summed E-state index contributed by atoms with van der Waals surface area (Å²) in [5, 5.41) is 8.52. The number of anilines is 1. The Balaban J connectivity index is 1.64. The van der Waals surface area contributed by atoms with Crippen molar-refractivity contribution >= 4 is 22.9 Å². The molecule has 0 saturated heterocycles. The van der Waals surface area contributed by atoms with Crippen LogP contribution in [0.25, 0.3) is 11.1 Å². The molecule has 0 aliphatic carbocycles. The van der Waals surface area contributed by atoms with Gasteiger partial charge in [-0.1, -0.05) is 42.5 Å².